The van der Waals surface area contributed by atoms with Crippen LogP contribution in [0, 0.1) is 43.3 Å². The lowest BCUT2D eigenvalue weighted by molar-refractivity contribution is -0.345. The van der Waals surface area contributed by atoms with Crippen molar-refractivity contribution in [2.24, 2.45) is 43.3 Å². The van der Waals surface area contributed by atoms with Crippen molar-refractivity contribution in [3.05, 3.63) is 0 Å². The van der Waals surface area contributed by atoms with Gasteiger partial charge < -0.3 is 76.5 Å². The van der Waals surface area contributed by atoms with Gasteiger partial charge in [-0.2, -0.15) is 0 Å². The third kappa shape index (κ3) is 20.8. The van der Waals surface area contributed by atoms with Crippen LogP contribution in [0.4, 0.5) is 0 Å². The van der Waals surface area contributed by atoms with E-state index in [1.165, 1.54) is 125 Å². The highest BCUT2D eigenvalue weighted by Crippen LogP contribution is 2.39. The molecule has 0 amide bonds. The minimum atomic E-state index is -2.09. The summed E-state index contributed by atoms with van der Waals surface area (Å²) in [5.74, 6) is -7.78. The van der Waals surface area contributed by atoms with Gasteiger partial charge in [-0.25, -0.2) is 0 Å². The molecule has 0 bridgehead atoms. The summed E-state index contributed by atoms with van der Waals surface area (Å²) < 4.78 is 85.9. The quantitative estimate of drug-likeness (QED) is 0.137. The van der Waals surface area contributed by atoms with Crippen molar-refractivity contribution in [1.82, 2.24) is 0 Å². The number of hydrogen-bond donors (Lipinski definition) is 2. The lowest BCUT2D eigenvalue weighted by atomic mass is 9.92. The Kier molecular flexibility index (Phi) is 24.1. The molecule has 0 aromatic carbocycles. The summed E-state index contributed by atoms with van der Waals surface area (Å²) in [5.41, 5.74) is -9.89. The van der Waals surface area contributed by atoms with E-state index in [1.807, 2.05) is 0 Å². The average molecular weight is 1220 g/mol. The van der Waals surface area contributed by atoms with Crippen LogP contribution < -0.4 is 0 Å². The summed E-state index contributed by atoms with van der Waals surface area (Å²) in [4.78, 5) is 124. The van der Waals surface area contributed by atoms with E-state index in [2.05, 4.69) is 0 Å². The number of hydrogen-bond acceptors (Lipinski definition) is 25. The highest BCUT2D eigenvalue weighted by atomic mass is 16.8. The second-order valence-corrected chi connectivity index (χ2v) is 30.1. The normalized spacial score (nSPS) is 29.0. The lowest BCUT2D eigenvalue weighted by Gasteiger charge is -2.48. The maximum absolute atomic E-state index is 14.3. The first-order valence-electron chi connectivity index (χ1n) is 28.6. The molecule has 0 spiro atoms. The molecule has 0 aliphatic carbocycles. The molecule has 2 N–H and O–H groups in total. The van der Waals surface area contributed by atoms with Crippen molar-refractivity contribution in [3.8, 4) is 0 Å². The van der Waals surface area contributed by atoms with Crippen molar-refractivity contribution < 1.29 is 120 Å². The van der Waals surface area contributed by atoms with Crippen LogP contribution in [0.3, 0.4) is 0 Å². The van der Waals surface area contributed by atoms with Gasteiger partial charge in [-0.15, -0.1) is 0 Å². The molecule has 3 fully saturated rings. The molecule has 25 heteroatoms. The largest absolute Gasteiger partial charge is 0.463 e. The Hall–Kier alpha value is -5.05. The van der Waals surface area contributed by atoms with E-state index in [9.17, 15) is 53.4 Å². The number of aliphatic hydroxyl groups excluding tert-OH is 2. The molecule has 3 aliphatic rings. The molecular weight excluding hydrogens is 1120 g/mol. The standard InChI is InChI=1S/C60H98O25/c1-29(61)72-26-31-35(79-46(65)54(5,6)7)38(82-49(68)57(14,15)16)40(84-51(70)59(20,21)22)44(76-31)74-28-32-36(80-47(66)55(8,9)10)39(83-50(69)58(17,18)19)41(85-52(71)60(23,24)25)43(77-32)73-27-30-34(78-45(64)53(2,3)4)37(33(62)42(63)75-30)81-48(67)56(11,12)13/h30-44,62-63H,26-28H2,1-25H3/t30-,31-,32-,33-,34+,35+,36+,37-,38+,39+,40-,41-,42+,43-,44-/m1/s1. The van der Waals surface area contributed by atoms with Crippen molar-refractivity contribution in [1.29, 1.82) is 0 Å². The van der Waals surface area contributed by atoms with Crippen molar-refractivity contribution in [2.45, 2.75) is 265 Å². The van der Waals surface area contributed by atoms with Crippen LogP contribution in [0.2, 0.25) is 0 Å². The number of esters is 9. The molecule has 0 saturated carbocycles. The van der Waals surface area contributed by atoms with E-state index < -0.39 is 209 Å². The molecule has 0 unspecified atom stereocenters. The Morgan fingerprint density at radius 1 is 0.306 bits per heavy atom. The van der Waals surface area contributed by atoms with E-state index in [1.54, 1.807) is 41.5 Å². The monoisotopic (exact) mass is 1220 g/mol. The van der Waals surface area contributed by atoms with E-state index in [0.717, 1.165) is 6.92 Å². The van der Waals surface area contributed by atoms with E-state index in [4.69, 9.17) is 66.3 Å². The van der Waals surface area contributed by atoms with Crippen LogP contribution >= 0.6 is 0 Å². The van der Waals surface area contributed by atoms with E-state index >= 15 is 0 Å². The topological polar surface area (TPSA) is 323 Å². The third-order valence-corrected chi connectivity index (χ3v) is 13.0. The van der Waals surface area contributed by atoms with Gasteiger partial charge in [0.1, 0.15) is 31.0 Å². The Morgan fingerprint density at radius 2 is 0.518 bits per heavy atom. The minimum Gasteiger partial charge on any atom is -0.463 e. The molecule has 0 radical (unpaired) electrons. The van der Waals surface area contributed by atoms with Crippen LogP contribution in [-0.2, 0) is 109 Å². The predicted molar refractivity (Wildman–Crippen MR) is 297 cm³/mol. The van der Waals surface area contributed by atoms with Gasteiger partial charge in [0.15, 0.2) is 67.7 Å². The average Bonchev–Trinajstić information content (AvgIpc) is 1.93. The summed E-state index contributed by atoms with van der Waals surface area (Å²) in [6, 6.07) is 0. The zero-order valence-electron chi connectivity index (χ0n) is 54.6. The third-order valence-electron chi connectivity index (χ3n) is 13.0. The smallest absolute Gasteiger partial charge is 0.311 e. The number of carbonyl (C=O) groups excluding carboxylic acids is 9. The van der Waals surface area contributed by atoms with Crippen LogP contribution in [0.15, 0.2) is 0 Å². The predicted octanol–water partition coefficient (Wildman–Crippen LogP) is 5.77. The molecule has 85 heavy (non-hydrogen) atoms. The first kappa shape index (κ1) is 74.2. The van der Waals surface area contributed by atoms with E-state index in [-0.39, 0.29) is 0 Å². The van der Waals surface area contributed by atoms with Gasteiger partial charge in [-0.1, -0.05) is 0 Å². The maximum Gasteiger partial charge on any atom is 0.311 e. The summed E-state index contributed by atoms with van der Waals surface area (Å²) in [7, 11) is 0. The number of rotatable bonds is 16. The van der Waals surface area contributed by atoms with Gasteiger partial charge in [-0.3, -0.25) is 43.2 Å². The maximum atomic E-state index is 14.3. The lowest BCUT2D eigenvalue weighted by Crippen LogP contribution is -2.66. The van der Waals surface area contributed by atoms with Crippen LogP contribution in [-0.4, -0.2) is 176 Å². The molecular formula is C60H98O25. The molecule has 3 aliphatic heterocycles. The minimum absolute atomic E-state index is 0.647. The zero-order chi connectivity index (χ0) is 65.9. The fourth-order valence-electron chi connectivity index (χ4n) is 7.40. The second kappa shape index (κ2) is 27.6. The fraction of sp³-hybridized carbons (Fsp3) is 0.850. The zero-order valence-corrected chi connectivity index (χ0v) is 54.6. The number of carbonyl (C=O) groups is 9. The number of aliphatic hydroxyl groups is 2. The SMILES string of the molecule is CC(=O)OC[C@H]1O[C@@H](OC[C@H]2O[C@@H](OC[C@H]3O[C@H](O)[C@H](O)[C@@H](OC(=O)C(C)(C)C)[C@H]3OC(=O)C(C)(C)C)[C@H](OC(=O)C(C)(C)C)[C@@H](OC(=O)C(C)(C)C)[C@H]2OC(=O)C(C)(C)C)[C@H](OC(=O)C(C)(C)C)[C@@H](OC(=O)C(C)(C)C)[C@H]1OC(=O)C(C)(C)C. The van der Waals surface area contributed by atoms with Gasteiger partial charge >= 0.3 is 53.7 Å². The van der Waals surface area contributed by atoms with Gasteiger partial charge in [0, 0.05) is 6.92 Å². The van der Waals surface area contributed by atoms with Crippen molar-refractivity contribution >= 4 is 53.7 Å². The number of ether oxygens (including phenoxy) is 14. The molecule has 25 nitrogen and oxygen atoms in total. The summed E-state index contributed by atoms with van der Waals surface area (Å²) in [5, 5.41) is 22.5. The fourth-order valence-corrected chi connectivity index (χ4v) is 7.40. The van der Waals surface area contributed by atoms with Crippen molar-refractivity contribution in [2.75, 3.05) is 19.8 Å². The molecule has 15 atom stereocenters. The Morgan fingerprint density at radius 3 is 0.776 bits per heavy atom. The van der Waals surface area contributed by atoms with Gasteiger partial charge in [-0.05, 0) is 166 Å². The molecule has 3 saturated heterocycles. The van der Waals surface area contributed by atoms with Gasteiger partial charge in [0.2, 0.25) is 0 Å². The Labute approximate surface area is 500 Å². The molecule has 0 aromatic rings. The highest BCUT2D eigenvalue weighted by molar-refractivity contribution is 5.80. The second-order valence-electron chi connectivity index (χ2n) is 30.1. The van der Waals surface area contributed by atoms with Crippen LogP contribution in [0.5, 0.6) is 0 Å². The first-order chi connectivity index (χ1) is 38.2. The molecule has 3 rings (SSSR count). The summed E-state index contributed by atoms with van der Waals surface area (Å²) >= 11 is 0. The van der Waals surface area contributed by atoms with Crippen LogP contribution in [0.1, 0.15) is 173 Å². The van der Waals surface area contributed by atoms with Crippen molar-refractivity contribution in [3.63, 3.8) is 0 Å². The Bertz CT molecular complexity index is 2380. The molecule has 0 aromatic heterocycles. The summed E-state index contributed by atoms with van der Waals surface area (Å²) in [6.45, 7) is 35.7. The van der Waals surface area contributed by atoms with E-state index in [0.29, 0.717) is 0 Å². The first-order valence-corrected chi connectivity index (χ1v) is 28.6. The van der Waals surface area contributed by atoms with Gasteiger partial charge in [0.25, 0.3) is 0 Å². The highest BCUT2D eigenvalue weighted by Gasteiger charge is 2.59. The summed E-state index contributed by atoms with van der Waals surface area (Å²) in [6.07, 6.45) is -27.1. The van der Waals surface area contributed by atoms with Crippen LogP contribution in [0.25, 0.3) is 0 Å². The Balaban J connectivity index is 2.45. The molecule has 488 valence electrons. The molecule has 3 heterocycles. The van der Waals surface area contributed by atoms with Gasteiger partial charge in [0.05, 0.1) is 56.5 Å².